The van der Waals surface area contributed by atoms with Crippen molar-refractivity contribution >= 4 is 49.4 Å². The number of carbonyl (C=O) groups excluding carboxylic acids is 2. The highest BCUT2D eigenvalue weighted by atomic mass is 79.9. The van der Waals surface area contributed by atoms with Crippen LogP contribution in [0.25, 0.3) is 21.7 Å². The maximum atomic E-state index is 13.1. The molecule has 5 rings (SSSR count). The number of hydrogen-bond acceptors (Lipinski definition) is 3. The number of amides is 2. The van der Waals surface area contributed by atoms with Gasteiger partial charge in [0, 0.05) is 32.6 Å². The Morgan fingerprint density at radius 1 is 0.889 bits per heavy atom. The Morgan fingerprint density at radius 2 is 1.70 bits per heavy atom. The van der Waals surface area contributed by atoms with Crippen LogP contribution >= 0.6 is 15.9 Å². The molecule has 2 heterocycles. The van der Waals surface area contributed by atoms with Crippen molar-refractivity contribution < 1.29 is 9.59 Å². The lowest BCUT2D eigenvalue weighted by atomic mass is 9.94. The first-order valence-corrected chi connectivity index (χ1v) is 9.34. The standard InChI is InChI=1S/C22H13BrN2O2/c23-18-8-7-17-20-15(18)4-1-5-16(20)21(26)25(22(17)27)12-13-6-9-19-14(11-13)3-2-10-24-19/h1-11H,12H2. The average molecular weight is 417 g/mol. The van der Waals surface area contributed by atoms with Crippen LogP contribution in [0.1, 0.15) is 26.3 Å². The number of pyridine rings is 1. The highest BCUT2D eigenvalue weighted by molar-refractivity contribution is 9.10. The second-order valence-electron chi connectivity index (χ2n) is 6.55. The normalized spacial score (nSPS) is 13.6. The summed E-state index contributed by atoms with van der Waals surface area (Å²) in [5, 5.41) is 2.59. The Morgan fingerprint density at radius 3 is 2.56 bits per heavy atom. The second kappa shape index (κ2) is 5.99. The van der Waals surface area contributed by atoms with E-state index in [0.29, 0.717) is 11.1 Å². The lowest BCUT2D eigenvalue weighted by molar-refractivity contribution is 0.0598. The number of imide groups is 1. The number of benzene rings is 3. The van der Waals surface area contributed by atoms with Gasteiger partial charge in [-0.1, -0.05) is 40.2 Å². The maximum absolute atomic E-state index is 13.1. The molecule has 0 aliphatic carbocycles. The highest BCUT2D eigenvalue weighted by Gasteiger charge is 2.33. The molecule has 0 bridgehead atoms. The number of aromatic nitrogens is 1. The van der Waals surface area contributed by atoms with E-state index in [1.165, 1.54) is 4.90 Å². The van der Waals surface area contributed by atoms with Crippen LogP contribution in [0.5, 0.6) is 0 Å². The van der Waals surface area contributed by atoms with Gasteiger partial charge < -0.3 is 0 Å². The van der Waals surface area contributed by atoms with E-state index in [0.717, 1.165) is 31.7 Å². The van der Waals surface area contributed by atoms with Crippen molar-refractivity contribution in [1.82, 2.24) is 9.88 Å². The van der Waals surface area contributed by atoms with Gasteiger partial charge in [-0.15, -0.1) is 0 Å². The molecule has 0 fully saturated rings. The van der Waals surface area contributed by atoms with E-state index in [2.05, 4.69) is 20.9 Å². The summed E-state index contributed by atoms with van der Waals surface area (Å²) in [6.45, 7) is 0.231. The Bertz CT molecular complexity index is 1240. The van der Waals surface area contributed by atoms with E-state index in [9.17, 15) is 9.59 Å². The van der Waals surface area contributed by atoms with Crippen molar-refractivity contribution in [3.05, 3.63) is 88.0 Å². The minimum atomic E-state index is -0.262. The van der Waals surface area contributed by atoms with Crippen molar-refractivity contribution in [3.63, 3.8) is 0 Å². The summed E-state index contributed by atoms with van der Waals surface area (Å²) in [6, 6.07) is 18.8. The fraction of sp³-hybridized carbons (Fsp3) is 0.0455. The van der Waals surface area contributed by atoms with Gasteiger partial charge in [-0.2, -0.15) is 0 Å². The van der Waals surface area contributed by atoms with Crippen LogP contribution in [0.3, 0.4) is 0 Å². The maximum Gasteiger partial charge on any atom is 0.261 e. The molecule has 1 aliphatic rings. The molecule has 27 heavy (non-hydrogen) atoms. The number of rotatable bonds is 2. The lowest BCUT2D eigenvalue weighted by Crippen LogP contribution is -2.39. The van der Waals surface area contributed by atoms with Crippen molar-refractivity contribution in [2.45, 2.75) is 6.54 Å². The van der Waals surface area contributed by atoms with Gasteiger partial charge >= 0.3 is 0 Å². The molecule has 3 aromatic carbocycles. The third kappa shape index (κ3) is 2.46. The minimum absolute atomic E-state index is 0.231. The molecule has 0 saturated heterocycles. The summed E-state index contributed by atoms with van der Waals surface area (Å²) in [6.07, 6.45) is 1.75. The summed E-state index contributed by atoms with van der Waals surface area (Å²) in [5.41, 5.74) is 2.90. The largest absolute Gasteiger partial charge is 0.270 e. The first-order valence-electron chi connectivity index (χ1n) is 8.54. The number of fused-ring (bicyclic) bond motifs is 1. The van der Waals surface area contributed by atoms with E-state index in [1.54, 1.807) is 18.3 Å². The molecule has 0 saturated carbocycles. The highest BCUT2D eigenvalue weighted by Crippen LogP contribution is 2.34. The van der Waals surface area contributed by atoms with Gasteiger partial charge in [-0.3, -0.25) is 19.5 Å². The van der Waals surface area contributed by atoms with Crippen LogP contribution in [0.2, 0.25) is 0 Å². The van der Waals surface area contributed by atoms with E-state index in [1.807, 2.05) is 48.5 Å². The molecule has 0 spiro atoms. The molecular formula is C22H13BrN2O2. The van der Waals surface area contributed by atoms with Crippen LogP contribution in [-0.4, -0.2) is 21.7 Å². The number of nitrogens with zero attached hydrogens (tertiary/aromatic N) is 2. The zero-order valence-corrected chi connectivity index (χ0v) is 15.7. The molecule has 5 heteroatoms. The Kier molecular flexibility index (Phi) is 3.58. The Labute approximate surface area is 163 Å². The van der Waals surface area contributed by atoms with Gasteiger partial charge in [0.25, 0.3) is 11.8 Å². The monoisotopic (exact) mass is 416 g/mol. The van der Waals surface area contributed by atoms with E-state index in [4.69, 9.17) is 0 Å². The summed E-state index contributed by atoms with van der Waals surface area (Å²) < 4.78 is 0.874. The topological polar surface area (TPSA) is 50.3 Å². The van der Waals surface area contributed by atoms with E-state index in [-0.39, 0.29) is 18.4 Å². The fourth-order valence-corrected chi connectivity index (χ4v) is 4.12. The predicted octanol–water partition coefficient (Wildman–Crippen LogP) is 4.95. The van der Waals surface area contributed by atoms with Crippen LogP contribution in [0, 0.1) is 0 Å². The molecule has 0 unspecified atom stereocenters. The smallest absolute Gasteiger partial charge is 0.261 e. The Balaban J connectivity index is 1.60. The molecule has 4 nitrogen and oxygen atoms in total. The van der Waals surface area contributed by atoms with Gasteiger partial charge in [0.2, 0.25) is 0 Å². The van der Waals surface area contributed by atoms with Crippen LogP contribution in [-0.2, 0) is 6.54 Å². The van der Waals surface area contributed by atoms with Crippen LogP contribution in [0.4, 0.5) is 0 Å². The quantitative estimate of drug-likeness (QED) is 0.434. The minimum Gasteiger partial charge on any atom is -0.270 e. The fourth-order valence-electron chi connectivity index (χ4n) is 3.66. The molecule has 2 amide bonds. The van der Waals surface area contributed by atoms with Crippen LogP contribution in [0.15, 0.2) is 71.3 Å². The zero-order chi connectivity index (χ0) is 18.5. The summed E-state index contributed by atoms with van der Waals surface area (Å²) in [7, 11) is 0. The molecule has 130 valence electrons. The van der Waals surface area contributed by atoms with Crippen LogP contribution < -0.4 is 0 Å². The average Bonchev–Trinajstić information content (AvgIpc) is 2.70. The number of carbonyl (C=O) groups is 2. The predicted molar refractivity (Wildman–Crippen MR) is 108 cm³/mol. The summed E-state index contributed by atoms with van der Waals surface area (Å²) >= 11 is 3.51. The van der Waals surface area contributed by atoms with Crippen molar-refractivity contribution in [2.75, 3.05) is 0 Å². The molecule has 1 aromatic heterocycles. The Hall–Kier alpha value is -3.05. The second-order valence-corrected chi connectivity index (χ2v) is 7.40. The third-order valence-electron chi connectivity index (χ3n) is 4.95. The number of hydrogen-bond donors (Lipinski definition) is 0. The van der Waals surface area contributed by atoms with Crippen molar-refractivity contribution in [2.24, 2.45) is 0 Å². The van der Waals surface area contributed by atoms with Gasteiger partial charge in [0.15, 0.2) is 0 Å². The molecular weight excluding hydrogens is 404 g/mol. The zero-order valence-electron chi connectivity index (χ0n) is 14.1. The van der Waals surface area contributed by atoms with E-state index >= 15 is 0 Å². The number of halogens is 1. The SMILES string of the molecule is O=C1c2cccc3c(Br)ccc(c23)C(=O)N1Cc1ccc2ncccc2c1. The van der Waals surface area contributed by atoms with Gasteiger partial charge in [-0.25, -0.2) is 0 Å². The van der Waals surface area contributed by atoms with Gasteiger partial charge in [-0.05, 0) is 47.3 Å². The van der Waals surface area contributed by atoms with Crippen molar-refractivity contribution in [3.8, 4) is 0 Å². The summed E-state index contributed by atoms with van der Waals surface area (Å²) in [4.78, 5) is 31.8. The third-order valence-corrected chi connectivity index (χ3v) is 5.64. The van der Waals surface area contributed by atoms with Gasteiger partial charge in [0.1, 0.15) is 0 Å². The van der Waals surface area contributed by atoms with Crippen molar-refractivity contribution in [1.29, 1.82) is 0 Å². The van der Waals surface area contributed by atoms with E-state index < -0.39 is 0 Å². The molecule has 4 aromatic rings. The lowest BCUT2D eigenvalue weighted by Gasteiger charge is -2.27. The molecule has 0 N–H and O–H groups in total. The first-order chi connectivity index (χ1) is 13.1. The first kappa shape index (κ1) is 16.1. The van der Waals surface area contributed by atoms with Gasteiger partial charge in [0.05, 0.1) is 12.1 Å². The molecule has 0 radical (unpaired) electrons. The molecule has 0 atom stereocenters. The summed E-state index contributed by atoms with van der Waals surface area (Å²) in [5.74, 6) is -0.523. The molecule has 1 aliphatic heterocycles.